The van der Waals surface area contributed by atoms with Gasteiger partial charge in [-0.15, -0.1) is 0 Å². The number of benzene rings is 2. The van der Waals surface area contributed by atoms with E-state index in [1.807, 2.05) is 48.5 Å². The van der Waals surface area contributed by atoms with Crippen LogP contribution in [0.15, 0.2) is 67.1 Å². The Hall–Kier alpha value is -3.27. The summed E-state index contributed by atoms with van der Waals surface area (Å²) >= 11 is 0. The molecule has 2 aromatic carbocycles. The average Bonchev–Trinajstić information content (AvgIpc) is 2.68. The molecule has 4 aromatic rings. The molecule has 0 atom stereocenters. The van der Waals surface area contributed by atoms with Gasteiger partial charge in [-0.2, -0.15) is 0 Å². The summed E-state index contributed by atoms with van der Waals surface area (Å²) in [6.45, 7) is 0. The number of nitrogens with zero attached hydrogens (tertiary/aromatic N) is 3. The lowest BCUT2D eigenvalue weighted by Crippen LogP contribution is -1.94. The minimum atomic E-state index is 0.475. The molecule has 117 valence electrons. The molecular formula is C20H13N4Si. The molecule has 5 heteroatoms. The molecule has 0 aliphatic carbocycles. The van der Waals surface area contributed by atoms with E-state index in [4.69, 9.17) is 5.73 Å². The van der Waals surface area contributed by atoms with E-state index in [1.165, 1.54) is 6.33 Å². The molecule has 0 aliphatic rings. The SMILES string of the molecule is Nc1ncnc2ccc(-c3cccnc3-c3cccc(C#[Si])c3)cc12. The first-order chi connectivity index (χ1) is 12.3. The Bertz CT molecular complexity index is 1130. The molecule has 0 spiro atoms. The largest absolute Gasteiger partial charge is 0.383 e. The third-order valence-corrected chi connectivity index (χ3v) is 4.35. The summed E-state index contributed by atoms with van der Waals surface area (Å²) in [5, 5.41) is 0.838. The fraction of sp³-hybridized carbons (Fsp3) is 0. The molecular weight excluding hydrogens is 324 g/mol. The van der Waals surface area contributed by atoms with Gasteiger partial charge >= 0.3 is 0 Å². The van der Waals surface area contributed by atoms with Gasteiger partial charge in [0.15, 0.2) is 0 Å². The quantitative estimate of drug-likeness (QED) is 0.569. The molecule has 2 aromatic heterocycles. The third-order valence-electron chi connectivity index (χ3n) is 4.07. The van der Waals surface area contributed by atoms with E-state index in [0.717, 1.165) is 38.9 Å². The lowest BCUT2D eigenvalue weighted by Gasteiger charge is -2.10. The predicted molar refractivity (Wildman–Crippen MR) is 101 cm³/mol. The van der Waals surface area contributed by atoms with Crippen molar-refractivity contribution in [3.63, 3.8) is 0 Å². The van der Waals surface area contributed by atoms with Gasteiger partial charge in [0.1, 0.15) is 12.1 Å². The number of nitrogen functional groups attached to an aromatic ring is 1. The Labute approximate surface area is 148 Å². The monoisotopic (exact) mass is 337 g/mol. The summed E-state index contributed by atoms with van der Waals surface area (Å²) in [6, 6.07) is 18.0. The fourth-order valence-electron chi connectivity index (χ4n) is 2.86. The molecule has 0 saturated carbocycles. The highest BCUT2D eigenvalue weighted by Gasteiger charge is 2.10. The highest BCUT2D eigenvalue weighted by Crippen LogP contribution is 2.32. The van der Waals surface area contributed by atoms with Crippen molar-refractivity contribution in [3.8, 4) is 27.9 Å². The van der Waals surface area contributed by atoms with Crippen LogP contribution in [0.3, 0.4) is 0 Å². The van der Waals surface area contributed by atoms with E-state index in [9.17, 15) is 0 Å². The minimum Gasteiger partial charge on any atom is -0.383 e. The molecule has 2 N–H and O–H groups in total. The Morgan fingerprint density at radius 2 is 1.80 bits per heavy atom. The van der Waals surface area contributed by atoms with Crippen LogP contribution in [0.1, 0.15) is 5.56 Å². The van der Waals surface area contributed by atoms with Crippen molar-refractivity contribution in [2.24, 2.45) is 0 Å². The molecule has 4 nitrogen and oxygen atoms in total. The summed E-state index contributed by atoms with van der Waals surface area (Å²) in [4.78, 5) is 12.9. The third kappa shape index (κ3) is 2.82. The molecule has 1 radical (unpaired) electrons. The molecule has 4 rings (SSSR count). The van der Waals surface area contributed by atoms with E-state index < -0.39 is 0 Å². The van der Waals surface area contributed by atoms with Gasteiger partial charge in [-0.3, -0.25) is 4.98 Å². The Morgan fingerprint density at radius 3 is 2.68 bits per heavy atom. The van der Waals surface area contributed by atoms with Crippen LogP contribution in [0, 0.1) is 5.50 Å². The van der Waals surface area contributed by atoms with Crippen molar-refractivity contribution in [1.82, 2.24) is 15.0 Å². The standard InChI is InChI=1S/C20H13N4Si/c21-20-17-10-14(6-7-18(17)23-12-24-20)16-5-2-8-22-19(16)15-4-1-3-13(9-15)11-25/h1-10,12H,(H2,21,23,24). The van der Waals surface area contributed by atoms with Crippen LogP contribution in [-0.2, 0) is 0 Å². The van der Waals surface area contributed by atoms with Crippen LogP contribution in [0.5, 0.6) is 0 Å². The second-order valence-corrected chi connectivity index (χ2v) is 5.85. The fourth-order valence-corrected chi connectivity index (χ4v) is 3.01. The predicted octanol–water partition coefficient (Wildman–Crippen LogP) is 3.42. The van der Waals surface area contributed by atoms with E-state index in [2.05, 4.69) is 36.2 Å². The van der Waals surface area contributed by atoms with Crippen LogP contribution >= 0.6 is 0 Å². The normalized spacial score (nSPS) is 10.5. The van der Waals surface area contributed by atoms with Gasteiger partial charge in [0.05, 0.1) is 11.2 Å². The van der Waals surface area contributed by atoms with Crippen LogP contribution < -0.4 is 5.73 Å². The maximum absolute atomic E-state index is 6.01. The maximum atomic E-state index is 6.01. The van der Waals surface area contributed by atoms with Gasteiger partial charge in [-0.05, 0) is 35.9 Å². The first-order valence-corrected chi connectivity index (χ1v) is 8.25. The van der Waals surface area contributed by atoms with Crippen molar-refractivity contribution in [1.29, 1.82) is 0 Å². The lowest BCUT2D eigenvalue weighted by molar-refractivity contribution is 1.23. The molecule has 0 fully saturated rings. The zero-order valence-corrected chi connectivity index (χ0v) is 14.3. The Balaban J connectivity index is 1.92. The zero-order valence-electron chi connectivity index (χ0n) is 13.3. The van der Waals surface area contributed by atoms with Gasteiger partial charge in [-0.1, -0.05) is 29.8 Å². The van der Waals surface area contributed by atoms with Crippen molar-refractivity contribution in [2.45, 2.75) is 0 Å². The summed E-state index contributed by atoms with van der Waals surface area (Å²) in [5.74, 6) is 0.475. The molecule has 0 aliphatic heterocycles. The van der Waals surface area contributed by atoms with E-state index in [-0.39, 0.29) is 0 Å². The highest BCUT2D eigenvalue weighted by atomic mass is 28.1. The summed E-state index contributed by atoms with van der Waals surface area (Å²) in [7, 11) is 3.31. The zero-order chi connectivity index (χ0) is 17.2. The topological polar surface area (TPSA) is 64.7 Å². The molecule has 25 heavy (non-hydrogen) atoms. The van der Waals surface area contributed by atoms with Gasteiger partial charge in [0, 0.05) is 38.0 Å². The number of hydrogen-bond acceptors (Lipinski definition) is 4. The number of rotatable bonds is 2. The van der Waals surface area contributed by atoms with E-state index >= 15 is 0 Å². The first-order valence-electron chi connectivity index (χ1n) is 7.75. The molecule has 0 amide bonds. The van der Waals surface area contributed by atoms with Crippen molar-refractivity contribution in [3.05, 3.63) is 72.7 Å². The van der Waals surface area contributed by atoms with Crippen LogP contribution in [-0.4, -0.2) is 24.6 Å². The van der Waals surface area contributed by atoms with E-state index in [0.29, 0.717) is 5.82 Å². The van der Waals surface area contributed by atoms with E-state index in [1.54, 1.807) is 6.20 Å². The maximum Gasteiger partial charge on any atom is 0.134 e. The Kier molecular flexibility index (Phi) is 3.86. The second kappa shape index (κ2) is 6.32. The molecule has 2 heterocycles. The molecule has 0 saturated heterocycles. The highest BCUT2D eigenvalue weighted by molar-refractivity contribution is 5.98. The average molecular weight is 337 g/mol. The van der Waals surface area contributed by atoms with Gasteiger partial charge in [0.2, 0.25) is 0 Å². The second-order valence-electron chi connectivity index (χ2n) is 5.60. The minimum absolute atomic E-state index is 0.475. The number of aromatic nitrogens is 3. The van der Waals surface area contributed by atoms with Crippen molar-refractivity contribution < 1.29 is 0 Å². The summed E-state index contributed by atoms with van der Waals surface area (Å²) < 4.78 is 0. The van der Waals surface area contributed by atoms with Crippen molar-refractivity contribution >= 4 is 26.4 Å². The van der Waals surface area contributed by atoms with Crippen LogP contribution in [0.2, 0.25) is 0 Å². The van der Waals surface area contributed by atoms with Gasteiger partial charge in [0.25, 0.3) is 0 Å². The molecule has 0 unspecified atom stereocenters. The van der Waals surface area contributed by atoms with Crippen LogP contribution in [0.25, 0.3) is 33.3 Å². The molecule has 0 bridgehead atoms. The summed E-state index contributed by atoms with van der Waals surface area (Å²) in [6.07, 6.45) is 3.27. The first kappa shape index (κ1) is 15.3. The van der Waals surface area contributed by atoms with Gasteiger partial charge in [-0.25, -0.2) is 9.97 Å². The number of fused-ring (bicyclic) bond motifs is 1. The number of nitrogens with two attached hydrogens (primary N) is 1. The number of pyridine rings is 1. The number of anilines is 1. The van der Waals surface area contributed by atoms with Gasteiger partial charge < -0.3 is 5.73 Å². The van der Waals surface area contributed by atoms with Crippen molar-refractivity contribution in [2.75, 3.05) is 5.73 Å². The number of hydrogen-bond donors (Lipinski definition) is 1. The smallest absolute Gasteiger partial charge is 0.134 e. The van der Waals surface area contributed by atoms with Crippen LogP contribution in [0.4, 0.5) is 5.82 Å². The summed E-state index contributed by atoms with van der Waals surface area (Å²) in [5.41, 5.74) is 14.7. The Morgan fingerprint density at radius 1 is 0.880 bits per heavy atom. The lowest BCUT2D eigenvalue weighted by atomic mass is 9.97.